The summed E-state index contributed by atoms with van der Waals surface area (Å²) in [7, 11) is 0. The molecule has 5 nitrogen and oxygen atoms in total. The second-order valence-corrected chi connectivity index (χ2v) is 9.59. The normalized spacial score (nSPS) is 16.5. The predicted octanol–water partition coefficient (Wildman–Crippen LogP) is 6.60. The number of anilines is 3. The van der Waals surface area contributed by atoms with Gasteiger partial charge in [0.2, 0.25) is 5.91 Å². The van der Waals surface area contributed by atoms with Crippen LogP contribution in [0, 0.1) is 12.8 Å². The molecular weight excluding hydrogens is 473 g/mol. The van der Waals surface area contributed by atoms with E-state index in [9.17, 15) is 18.0 Å². The van der Waals surface area contributed by atoms with E-state index in [1.165, 1.54) is 23.6 Å². The highest BCUT2D eigenvalue weighted by molar-refractivity contribution is 7.22. The Morgan fingerprint density at radius 3 is 2.63 bits per heavy atom. The lowest BCUT2D eigenvalue weighted by Crippen LogP contribution is -2.44. The van der Waals surface area contributed by atoms with Crippen LogP contribution in [0.1, 0.15) is 24.0 Å². The quantitative estimate of drug-likeness (QED) is 0.319. The van der Waals surface area contributed by atoms with Gasteiger partial charge in [-0.1, -0.05) is 41.7 Å². The summed E-state index contributed by atoms with van der Waals surface area (Å²) in [6, 6.07) is 17.6. The number of fused-ring (bicyclic) bond motifs is 1. The Bertz CT molecular complexity index is 1340. The van der Waals surface area contributed by atoms with Crippen LogP contribution in [-0.2, 0) is 11.0 Å². The van der Waals surface area contributed by atoms with E-state index in [0.717, 1.165) is 27.5 Å². The third-order valence-corrected chi connectivity index (χ3v) is 7.23. The largest absolute Gasteiger partial charge is 0.419 e. The molecule has 0 bridgehead atoms. The van der Waals surface area contributed by atoms with Crippen LogP contribution in [0.3, 0.4) is 0 Å². The summed E-state index contributed by atoms with van der Waals surface area (Å²) >= 11 is 1.42. The summed E-state index contributed by atoms with van der Waals surface area (Å²) in [6.07, 6.45) is -1.99. The van der Waals surface area contributed by atoms with Gasteiger partial charge in [-0.25, -0.2) is 9.97 Å². The van der Waals surface area contributed by atoms with Crippen molar-refractivity contribution in [2.24, 2.45) is 5.92 Å². The van der Waals surface area contributed by atoms with Gasteiger partial charge in [-0.05, 0) is 55.7 Å². The first-order chi connectivity index (χ1) is 16.8. The van der Waals surface area contributed by atoms with Crippen molar-refractivity contribution in [3.8, 4) is 0 Å². The van der Waals surface area contributed by atoms with Crippen molar-refractivity contribution < 1.29 is 18.0 Å². The topological polar surface area (TPSA) is 49.3 Å². The van der Waals surface area contributed by atoms with Crippen molar-refractivity contribution in [1.29, 1.82) is 0 Å². The van der Waals surface area contributed by atoms with Crippen molar-refractivity contribution >= 4 is 44.1 Å². The van der Waals surface area contributed by atoms with Gasteiger partial charge in [0.15, 0.2) is 5.13 Å². The van der Waals surface area contributed by atoms with Crippen LogP contribution >= 0.6 is 11.3 Å². The number of carbonyl (C=O) groups is 1. The number of piperidine rings is 1. The molecule has 35 heavy (non-hydrogen) atoms. The van der Waals surface area contributed by atoms with Crippen LogP contribution < -0.4 is 9.80 Å². The molecule has 1 aliphatic heterocycles. The van der Waals surface area contributed by atoms with Crippen LogP contribution in [0.25, 0.3) is 10.2 Å². The van der Waals surface area contributed by atoms with E-state index in [1.54, 1.807) is 9.80 Å². The number of benzene rings is 2. The van der Waals surface area contributed by atoms with Crippen LogP contribution in [0.5, 0.6) is 0 Å². The summed E-state index contributed by atoms with van der Waals surface area (Å²) in [4.78, 5) is 26.0. The molecule has 1 aliphatic rings. The molecule has 2 aromatic carbocycles. The summed E-state index contributed by atoms with van der Waals surface area (Å²) in [5.41, 5.74) is 1.65. The van der Waals surface area contributed by atoms with Crippen molar-refractivity contribution in [2.45, 2.75) is 25.9 Å². The summed E-state index contributed by atoms with van der Waals surface area (Å²) < 4.78 is 41.8. The minimum Gasteiger partial charge on any atom is -0.355 e. The van der Waals surface area contributed by atoms with E-state index in [1.807, 2.05) is 55.5 Å². The average Bonchev–Trinajstić information content (AvgIpc) is 3.28. The van der Waals surface area contributed by atoms with Gasteiger partial charge in [0.05, 0.1) is 27.4 Å². The smallest absolute Gasteiger partial charge is 0.355 e. The van der Waals surface area contributed by atoms with E-state index in [0.29, 0.717) is 24.5 Å². The maximum Gasteiger partial charge on any atom is 0.419 e. The SMILES string of the molecule is Cc1ccccc1N(C(=O)C1CCCN(c2ncccc2C(F)(F)F)C1)c1nc2ccccc2s1. The van der Waals surface area contributed by atoms with E-state index in [2.05, 4.69) is 4.98 Å². The number of rotatable bonds is 4. The Morgan fingerprint density at radius 1 is 1.09 bits per heavy atom. The maximum absolute atomic E-state index is 14.0. The summed E-state index contributed by atoms with van der Waals surface area (Å²) in [6.45, 7) is 2.50. The van der Waals surface area contributed by atoms with Gasteiger partial charge in [-0.15, -0.1) is 0 Å². The zero-order chi connectivity index (χ0) is 24.6. The van der Waals surface area contributed by atoms with Crippen LogP contribution in [0.15, 0.2) is 66.9 Å². The van der Waals surface area contributed by atoms with Gasteiger partial charge in [-0.2, -0.15) is 13.2 Å². The molecule has 1 fully saturated rings. The average molecular weight is 497 g/mol. The molecule has 1 saturated heterocycles. The second kappa shape index (κ2) is 9.30. The maximum atomic E-state index is 14.0. The molecule has 0 N–H and O–H groups in total. The molecule has 0 radical (unpaired) electrons. The minimum absolute atomic E-state index is 0.125. The first-order valence-electron chi connectivity index (χ1n) is 11.4. The van der Waals surface area contributed by atoms with Gasteiger partial charge in [-0.3, -0.25) is 9.69 Å². The van der Waals surface area contributed by atoms with E-state index >= 15 is 0 Å². The fraction of sp³-hybridized carbons (Fsp3) is 0.269. The summed E-state index contributed by atoms with van der Waals surface area (Å²) in [5.74, 6) is -0.800. The third kappa shape index (κ3) is 4.60. The number of amides is 1. The highest BCUT2D eigenvalue weighted by Crippen LogP contribution is 2.39. The Hall–Kier alpha value is -3.46. The molecular formula is C26H23F3N4OS. The molecule has 3 heterocycles. The predicted molar refractivity (Wildman–Crippen MR) is 132 cm³/mol. The fourth-order valence-electron chi connectivity index (χ4n) is 4.51. The number of halogens is 3. The first kappa shape index (κ1) is 23.3. The van der Waals surface area contributed by atoms with E-state index in [4.69, 9.17) is 4.98 Å². The Morgan fingerprint density at radius 2 is 1.86 bits per heavy atom. The molecule has 2 aromatic heterocycles. The van der Waals surface area contributed by atoms with Gasteiger partial charge < -0.3 is 4.90 Å². The molecule has 1 amide bonds. The zero-order valence-electron chi connectivity index (χ0n) is 19.0. The minimum atomic E-state index is -4.52. The van der Waals surface area contributed by atoms with Crippen LogP contribution in [-0.4, -0.2) is 29.0 Å². The number of carbonyl (C=O) groups excluding carboxylic acids is 1. The van der Waals surface area contributed by atoms with Gasteiger partial charge in [0, 0.05) is 19.3 Å². The fourth-order valence-corrected chi connectivity index (χ4v) is 5.50. The van der Waals surface area contributed by atoms with Gasteiger partial charge in [0.25, 0.3) is 0 Å². The second-order valence-electron chi connectivity index (χ2n) is 8.58. The van der Waals surface area contributed by atoms with Crippen LogP contribution in [0.4, 0.5) is 29.8 Å². The third-order valence-electron chi connectivity index (χ3n) is 6.21. The number of thiazole rings is 1. The molecule has 0 spiro atoms. The lowest BCUT2D eigenvalue weighted by atomic mass is 9.95. The lowest BCUT2D eigenvalue weighted by Gasteiger charge is -2.36. The molecule has 0 aliphatic carbocycles. The molecule has 0 saturated carbocycles. The number of hydrogen-bond donors (Lipinski definition) is 0. The number of para-hydroxylation sites is 2. The molecule has 180 valence electrons. The molecule has 9 heteroatoms. The van der Waals surface area contributed by atoms with Crippen molar-refractivity contribution in [3.05, 3.63) is 78.0 Å². The standard InChI is InChI=1S/C26H23F3N4OS/c1-17-8-2-4-12-21(17)33(25-31-20-11-3-5-13-22(20)35-25)24(34)18-9-7-15-32(16-18)23-19(26(27,28)29)10-6-14-30-23/h2-6,8,10-14,18H,7,9,15-16H2,1H3. The molecule has 5 rings (SSSR count). The van der Waals surface area contributed by atoms with E-state index < -0.39 is 17.7 Å². The Labute approximate surface area is 204 Å². The Kier molecular flexibility index (Phi) is 6.19. The number of aryl methyl sites for hydroxylation is 1. The zero-order valence-corrected chi connectivity index (χ0v) is 19.8. The van der Waals surface area contributed by atoms with Gasteiger partial charge in [0.1, 0.15) is 5.82 Å². The summed E-state index contributed by atoms with van der Waals surface area (Å²) in [5, 5.41) is 0.552. The number of alkyl halides is 3. The van der Waals surface area contributed by atoms with Gasteiger partial charge >= 0.3 is 6.18 Å². The van der Waals surface area contributed by atoms with Crippen molar-refractivity contribution in [2.75, 3.05) is 22.9 Å². The monoisotopic (exact) mass is 496 g/mol. The molecule has 1 atom stereocenters. The molecule has 4 aromatic rings. The van der Waals surface area contributed by atoms with E-state index in [-0.39, 0.29) is 18.3 Å². The molecule has 1 unspecified atom stereocenters. The first-order valence-corrected chi connectivity index (χ1v) is 12.2. The number of hydrogen-bond acceptors (Lipinski definition) is 5. The number of pyridine rings is 1. The highest BCUT2D eigenvalue weighted by atomic mass is 32.1. The Balaban J connectivity index is 1.51. The van der Waals surface area contributed by atoms with Crippen molar-refractivity contribution in [3.63, 3.8) is 0 Å². The van der Waals surface area contributed by atoms with Crippen molar-refractivity contribution in [1.82, 2.24) is 9.97 Å². The number of aromatic nitrogens is 2. The highest BCUT2D eigenvalue weighted by Gasteiger charge is 2.38. The van der Waals surface area contributed by atoms with Crippen LogP contribution in [0.2, 0.25) is 0 Å². The number of nitrogens with zero attached hydrogens (tertiary/aromatic N) is 4. The lowest BCUT2D eigenvalue weighted by molar-refractivity contribution is -0.137.